The molecule has 1 aromatic carbocycles. The topological polar surface area (TPSA) is 61.8 Å². The molecule has 0 atom stereocenters. The van der Waals surface area contributed by atoms with Crippen LogP contribution >= 0.6 is 0 Å². The molecule has 2 rings (SSSR count). The van der Waals surface area contributed by atoms with Crippen molar-refractivity contribution in [1.82, 2.24) is 20.0 Å². The molecular formula is C22H39N5O3. The molecular weight excluding hydrogens is 382 g/mol. The molecule has 0 spiro atoms. The van der Waals surface area contributed by atoms with Crippen LogP contribution in [0.2, 0.25) is 0 Å². The first-order valence-corrected chi connectivity index (χ1v) is 10.8. The van der Waals surface area contributed by atoms with Crippen LogP contribution < -0.4 is 19.5 Å². The van der Waals surface area contributed by atoms with Crippen molar-refractivity contribution in [3.8, 4) is 17.2 Å². The van der Waals surface area contributed by atoms with Crippen molar-refractivity contribution in [2.45, 2.75) is 20.4 Å². The summed E-state index contributed by atoms with van der Waals surface area (Å²) in [6.45, 7) is 12.7. The number of ether oxygens (including phenoxy) is 3. The molecule has 0 aliphatic carbocycles. The number of nitrogens with one attached hydrogen (secondary N) is 1. The number of benzene rings is 1. The maximum Gasteiger partial charge on any atom is 0.203 e. The molecule has 0 aromatic heterocycles. The van der Waals surface area contributed by atoms with Crippen LogP contribution in [0.4, 0.5) is 0 Å². The minimum absolute atomic E-state index is 0.633. The van der Waals surface area contributed by atoms with E-state index in [9.17, 15) is 0 Å². The van der Waals surface area contributed by atoms with E-state index in [0.29, 0.717) is 17.2 Å². The van der Waals surface area contributed by atoms with E-state index in [0.717, 1.165) is 70.4 Å². The summed E-state index contributed by atoms with van der Waals surface area (Å²) in [5, 5.41) is 3.44. The van der Waals surface area contributed by atoms with Gasteiger partial charge in [-0.25, -0.2) is 0 Å². The highest BCUT2D eigenvalue weighted by Gasteiger charge is 2.21. The average molecular weight is 422 g/mol. The highest BCUT2D eigenvalue weighted by atomic mass is 16.5. The predicted molar refractivity (Wildman–Crippen MR) is 122 cm³/mol. The maximum atomic E-state index is 5.49. The Labute approximate surface area is 181 Å². The van der Waals surface area contributed by atoms with Crippen molar-refractivity contribution >= 4 is 5.96 Å². The quantitative estimate of drug-likeness (QED) is 0.456. The predicted octanol–water partition coefficient (Wildman–Crippen LogP) is 1.75. The average Bonchev–Trinajstić information content (AvgIpc) is 2.78. The first kappa shape index (κ1) is 24.1. The lowest BCUT2D eigenvalue weighted by Crippen LogP contribution is -2.52. The van der Waals surface area contributed by atoms with Gasteiger partial charge in [-0.2, -0.15) is 0 Å². The van der Waals surface area contributed by atoms with Gasteiger partial charge < -0.3 is 29.3 Å². The zero-order chi connectivity index (χ0) is 21.9. The number of hydrogen-bond acceptors (Lipinski definition) is 6. The van der Waals surface area contributed by atoms with Gasteiger partial charge in [0.25, 0.3) is 0 Å². The van der Waals surface area contributed by atoms with Gasteiger partial charge >= 0.3 is 0 Å². The molecule has 1 aliphatic rings. The second kappa shape index (κ2) is 12.5. The number of hydrogen-bond donors (Lipinski definition) is 1. The highest BCUT2D eigenvalue weighted by molar-refractivity contribution is 5.80. The summed E-state index contributed by atoms with van der Waals surface area (Å²) in [6.07, 6.45) is 0. The van der Waals surface area contributed by atoms with Crippen LogP contribution in [-0.4, -0.2) is 101 Å². The van der Waals surface area contributed by atoms with Crippen molar-refractivity contribution in [3.63, 3.8) is 0 Å². The standard InChI is InChI=1S/C22H39N5O3/c1-7-23-22(24-9-10-25(3)8-2)27-13-11-26(12-14-27)17-18-15-19(28-4)21(30-6)20(16-18)29-5/h15-16H,7-14,17H2,1-6H3,(H,23,24). The third-order valence-corrected chi connectivity index (χ3v) is 5.42. The van der Waals surface area contributed by atoms with E-state index in [1.165, 1.54) is 0 Å². The molecule has 0 bridgehead atoms. The molecule has 1 aromatic rings. The summed E-state index contributed by atoms with van der Waals surface area (Å²) in [7, 11) is 7.06. The van der Waals surface area contributed by atoms with Gasteiger partial charge in [0.15, 0.2) is 17.5 Å². The summed E-state index contributed by atoms with van der Waals surface area (Å²) < 4.78 is 16.4. The monoisotopic (exact) mass is 421 g/mol. The van der Waals surface area contributed by atoms with Crippen LogP contribution in [0.15, 0.2) is 17.1 Å². The van der Waals surface area contributed by atoms with E-state index in [-0.39, 0.29) is 0 Å². The Morgan fingerprint density at radius 1 is 1.03 bits per heavy atom. The molecule has 1 fully saturated rings. The molecule has 170 valence electrons. The van der Waals surface area contributed by atoms with Gasteiger partial charge in [0, 0.05) is 45.8 Å². The minimum Gasteiger partial charge on any atom is -0.493 e. The molecule has 1 aliphatic heterocycles. The van der Waals surface area contributed by atoms with Gasteiger partial charge in [0.2, 0.25) is 5.75 Å². The second-order valence-electron chi connectivity index (χ2n) is 7.43. The van der Waals surface area contributed by atoms with E-state index in [4.69, 9.17) is 19.2 Å². The molecule has 1 heterocycles. The molecule has 0 radical (unpaired) electrons. The Morgan fingerprint density at radius 3 is 2.17 bits per heavy atom. The Balaban J connectivity index is 1.97. The van der Waals surface area contributed by atoms with Crippen molar-refractivity contribution in [3.05, 3.63) is 17.7 Å². The molecule has 1 saturated heterocycles. The van der Waals surface area contributed by atoms with Crippen LogP contribution in [0.5, 0.6) is 17.2 Å². The number of guanidine groups is 1. The van der Waals surface area contributed by atoms with Crippen LogP contribution in [0, 0.1) is 0 Å². The number of piperazine rings is 1. The van der Waals surface area contributed by atoms with E-state index < -0.39 is 0 Å². The lowest BCUT2D eigenvalue weighted by atomic mass is 10.1. The molecule has 0 unspecified atom stereocenters. The second-order valence-corrected chi connectivity index (χ2v) is 7.43. The van der Waals surface area contributed by atoms with E-state index >= 15 is 0 Å². The van der Waals surface area contributed by atoms with Gasteiger partial charge in [-0.3, -0.25) is 9.89 Å². The summed E-state index contributed by atoms with van der Waals surface area (Å²) in [4.78, 5) is 11.9. The van der Waals surface area contributed by atoms with Gasteiger partial charge in [0.05, 0.1) is 27.9 Å². The summed E-state index contributed by atoms with van der Waals surface area (Å²) >= 11 is 0. The Bertz CT molecular complexity index is 650. The number of nitrogens with zero attached hydrogens (tertiary/aromatic N) is 4. The molecule has 0 saturated carbocycles. The molecule has 8 heteroatoms. The van der Waals surface area contributed by atoms with Gasteiger partial charge in [-0.05, 0) is 38.2 Å². The summed E-state index contributed by atoms with van der Waals surface area (Å²) in [5.74, 6) is 3.05. The third kappa shape index (κ3) is 6.67. The zero-order valence-corrected chi connectivity index (χ0v) is 19.5. The number of likely N-dealkylation sites (N-methyl/N-ethyl adjacent to an activating group) is 1. The number of methoxy groups -OCH3 is 3. The lowest BCUT2D eigenvalue weighted by Gasteiger charge is -2.36. The zero-order valence-electron chi connectivity index (χ0n) is 19.5. The summed E-state index contributed by atoms with van der Waals surface area (Å²) in [5.41, 5.74) is 1.15. The number of rotatable bonds is 10. The van der Waals surface area contributed by atoms with Gasteiger partial charge in [0.1, 0.15) is 0 Å². The van der Waals surface area contributed by atoms with E-state index in [1.807, 2.05) is 12.1 Å². The first-order chi connectivity index (χ1) is 14.6. The van der Waals surface area contributed by atoms with E-state index in [2.05, 4.69) is 40.9 Å². The van der Waals surface area contributed by atoms with Crippen LogP contribution in [0.3, 0.4) is 0 Å². The smallest absolute Gasteiger partial charge is 0.203 e. The fourth-order valence-electron chi connectivity index (χ4n) is 3.51. The van der Waals surface area contributed by atoms with Gasteiger partial charge in [-0.1, -0.05) is 6.92 Å². The highest BCUT2D eigenvalue weighted by Crippen LogP contribution is 2.38. The van der Waals surface area contributed by atoms with Crippen LogP contribution in [0.25, 0.3) is 0 Å². The normalized spacial score (nSPS) is 15.4. The fourth-order valence-corrected chi connectivity index (χ4v) is 3.51. The third-order valence-electron chi connectivity index (χ3n) is 5.42. The fraction of sp³-hybridized carbons (Fsp3) is 0.682. The van der Waals surface area contributed by atoms with Crippen molar-refractivity contribution in [1.29, 1.82) is 0 Å². The lowest BCUT2D eigenvalue weighted by molar-refractivity contribution is 0.172. The van der Waals surface area contributed by atoms with Gasteiger partial charge in [-0.15, -0.1) is 0 Å². The number of aliphatic imine (C=N–C) groups is 1. The maximum absolute atomic E-state index is 5.49. The molecule has 0 amide bonds. The Hall–Kier alpha value is -2.19. The SMILES string of the molecule is CCNC(=NCCN(C)CC)N1CCN(Cc2cc(OC)c(OC)c(OC)c2)CC1. The Kier molecular flexibility index (Phi) is 10.0. The molecule has 1 N–H and O–H groups in total. The largest absolute Gasteiger partial charge is 0.493 e. The van der Waals surface area contributed by atoms with Crippen LogP contribution in [0.1, 0.15) is 19.4 Å². The Morgan fingerprint density at radius 2 is 1.67 bits per heavy atom. The van der Waals surface area contributed by atoms with Crippen molar-refractivity contribution < 1.29 is 14.2 Å². The van der Waals surface area contributed by atoms with Crippen molar-refractivity contribution in [2.24, 2.45) is 4.99 Å². The summed E-state index contributed by atoms with van der Waals surface area (Å²) in [6, 6.07) is 4.06. The minimum atomic E-state index is 0.633. The molecule has 8 nitrogen and oxygen atoms in total. The first-order valence-electron chi connectivity index (χ1n) is 10.8. The molecule has 30 heavy (non-hydrogen) atoms. The van der Waals surface area contributed by atoms with Crippen molar-refractivity contribution in [2.75, 3.05) is 80.7 Å². The van der Waals surface area contributed by atoms with E-state index in [1.54, 1.807) is 21.3 Å². The van der Waals surface area contributed by atoms with Crippen LogP contribution in [-0.2, 0) is 6.54 Å².